The van der Waals surface area contributed by atoms with Gasteiger partial charge in [-0.1, -0.05) is 32.0 Å². The first kappa shape index (κ1) is 19.2. The van der Waals surface area contributed by atoms with Crippen LogP contribution in [-0.2, 0) is 16.0 Å². The Morgan fingerprint density at radius 1 is 1.12 bits per heavy atom. The maximum atomic E-state index is 12.2. The minimum Gasteiger partial charge on any atom is -0.488 e. The Hall–Kier alpha value is -2.08. The van der Waals surface area contributed by atoms with Crippen molar-refractivity contribution in [2.75, 3.05) is 32.7 Å². The summed E-state index contributed by atoms with van der Waals surface area (Å²) in [6.45, 7) is 6.41. The standard InChI is InChI=1S/C19H29N3O3/c1-3-9-20-18(23)13-22(10-4-2)14-19(24)21-12-16-11-15-7-5-6-8-17(15)25-16/h5-8,16H,3-4,9-14H2,1-2H3,(H,20,23)(H,21,24). The topological polar surface area (TPSA) is 70.7 Å². The van der Waals surface area contributed by atoms with Crippen molar-refractivity contribution in [2.24, 2.45) is 0 Å². The molecule has 0 spiro atoms. The maximum Gasteiger partial charge on any atom is 0.234 e. The first-order chi connectivity index (χ1) is 12.1. The molecule has 1 aromatic carbocycles. The summed E-state index contributed by atoms with van der Waals surface area (Å²) in [5, 5.41) is 5.78. The van der Waals surface area contributed by atoms with E-state index in [-0.39, 0.29) is 31.0 Å². The highest BCUT2D eigenvalue weighted by molar-refractivity contribution is 5.81. The van der Waals surface area contributed by atoms with Crippen LogP contribution in [0.2, 0.25) is 0 Å². The lowest BCUT2D eigenvalue weighted by molar-refractivity contribution is -0.125. The number of para-hydroxylation sites is 1. The zero-order valence-corrected chi connectivity index (χ0v) is 15.2. The highest BCUT2D eigenvalue weighted by atomic mass is 16.5. The highest BCUT2D eigenvalue weighted by Crippen LogP contribution is 2.27. The number of benzene rings is 1. The molecule has 25 heavy (non-hydrogen) atoms. The average molecular weight is 347 g/mol. The van der Waals surface area contributed by atoms with Crippen molar-refractivity contribution in [3.63, 3.8) is 0 Å². The van der Waals surface area contributed by atoms with Gasteiger partial charge in [0.2, 0.25) is 11.8 Å². The van der Waals surface area contributed by atoms with Gasteiger partial charge in [0.15, 0.2) is 0 Å². The van der Waals surface area contributed by atoms with E-state index in [1.807, 2.05) is 36.9 Å². The lowest BCUT2D eigenvalue weighted by atomic mass is 10.1. The molecule has 6 nitrogen and oxygen atoms in total. The first-order valence-electron chi connectivity index (χ1n) is 9.12. The number of fused-ring (bicyclic) bond motifs is 1. The van der Waals surface area contributed by atoms with E-state index in [1.165, 1.54) is 5.56 Å². The average Bonchev–Trinajstić information content (AvgIpc) is 3.01. The zero-order chi connectivity index (χ0) is 18.1. The Morgan fingerprint density at radius 2 is 1.84 bits per heavy atom. The van der Waals surface area contributed by atoms with Crippen LogP contribution in [0.4, 0.5) is 0 Å². The van der Waals surface area contributed by atoms with Gasteiger partial charge in [0.1, 0.15) is 11.9 Å². The van der Waals surface area contributed by atoms with Crippen LogP contribution in [0.25, 0.3) is 0 Å². The molecule has 0 fully saturated rings. The molecule has 2 rings (SSSR count). The Kier molecular flexibility index (Phi) is 7.73. The van der Waals surface area contributed by atoms with Crippen LogP contribution < -0.4 is 15.4 Å². The van der Waals surface area contributed by atoms with Crippen molar-refractivity contribution in [1.29, 1.82) is 0 Å². The fourth-order valence-electron chi connectivity index (χ4n) is 2.91. The molecule has 1 heterocycles. The van der Waals surface area contributed by atoms with E-state index in [0.717, 1.165) is 31.6 Å². The second-order valence-corrected chi connectivity index (χ2v) is 6.42. The maximum absolute atomic E-state index is 12.2. The summed E-state index contributed by atoms with van der Waals surface area (Å²) < 4.78 is 5.83. The molecule has 0 aromatic heterocycles. The molecule has 1 unspecified atom stereocenters. The normalized spacial score (nSPS) is 15.6. The molecule has 6 heteroatoms. The Morgan fingerprint density at radius 3 is 2.52 bits per heavy atom. The second kappa shape index (κ2) is 10.0. The Labute approximate surface area is 149 Å². The predicted octanol–water partition coefficient (Wildman–Crippen LogP) is 1.34. The van der Waals surface area contributed by atoms with Crippen molar-refractivity contribution >= 4 is 11.8 Å². The van der Waals surface area contributed by atoms with E-state index in [2.05, 4.69) is 16.7 Å². The molecule has 1 aromatic rings. The van der Waals surface area contributed by atoms with Crippen LogP contribution in [0.15, 0.2) is 24.3 Å². The molecular formula is C19H29N3O3. The number of hydrogen-bond acceptors (Lipinski definition) is 4. The number of carbonyl (C=O) groups excluding carboxylic acids is 2. The molecule has 138 valence electrons. The molecule has 2 amide bonds. The van der Waals surface area contributed by atoms with Crippen LogP contribution in [0.1, 0.15) is 32.3 Å². The summed E-state index contributed by atoms with van der Waals surface area (Å²) >= 11 is 0. The summed E-state index contributed by atoms with van der Waals surface area (Å²) in [7, 11) is 0. The fraction of sp³-hybridized carbons (Fsp3) is 0.579. The van der Waals surface area contributed by atoms with E-state index in [0.29, 0.717) is 13.1 Å². The smallest absolute Gasteiger partial charge is 0.234 e. The lowest BCUT2D eigenvalue weighted by Crippen LogP contribution is -2.45. The van der Waals surface area contributed by atoms with Crippen molar-refractivity contribution < 1.29 is 14.3 Å². The molecule has 0 bridgehead atoms. The summed E-state index contributed by atoms with van der Waals surface area (Å²) in [4.78, 5) is 25.9. The number of amides is 2. The molecule has 1 aliphatic heterocycles. The van der Waals surface area contributed by atoms with Gasteiger partial charge < -0.3 is 15.4 Å². The van der Waals surface area contributed by atoms with E-state index in [9.17, 15) is 9.59 Å². The Balaban J connectivity index is 1.73. The van der Waals surface area contributed by atoms with Crippen molar-refractivity contribution in [1.82, 2.24) is 15.5 Å². The molecule has 0 radical (unpaired) electrons. The van der Waals surface area contributed by atoms with Gasteiger partial charge in [-0.3, -0.25) is 14.5 Å². The molecule has 0 saturated carbocycles. The van der Waals surface area contributed by atoms with Crippen molar-refractivity contribution in [2.45, 2.75) is 39.2 Å². The van der Waals surface area contributed by atoms with E-state index in [4.69, 9.17) is 4.74 Å². The quantitative estimate of drug-likeness (QED) is 0.670. The molecule has 0 saturated heterocycles. The minimum atomic E-state index is -0.0729. The molecular weight excluding hydrogens is 318 g/mol. The van der Waals surface area contributed by atoms with Crippen LogP contribution in [0.3, 0.4) is 0 Å². The number of nitrogens with one attached hydrogen (secondary N) is 2. The lowest BCUT2D eigenvalue weighted by Gasteiger charge is -2.21. The zero-order valence-electron chi connectivity index (χ0n) is 15.2. The molecule has 1 aliphatic rings. The summed E-state index contributed by atoms with van der Waals surface area (Å²) in [5.74, 6) is 0.802. The number of carbonyl (C=O) groups is 2. The second-order valence-electron chi connectivity index (χ2n) is 6.42. The monoisotopic (exact) mass is 347 g/mol. The third-order valence-electron chi connectivity index (χ3n) is 4.09. The largest absolute Gasteiger partial charge is 0.488 e. The third kappa shape index (κ3) is 6.38. The van der Waals surface area contributed by atoms with Gasteiger partial charge in [-0.25, -0.2) is 0 Å². The van der Waals surface area contributed by atoms with Crippen LogP contribution >= 0.6 is 0 Å². The van der Waals surface area contributed by atoms with E-state index < -0.39 is 0 Å². The van der Waals surface area contributed by atoms with Gasteiger partial charge in [-0.15, -0.1) is 0 Å². The van der Waals surface area contributed by atoms with Crippen molar-refractivity contribution in [3.8, 4) is 5.75 Å². The van der Waals surface area contributed by atoms with Gasteiger partial charge in [0, 0.05) is 13.0 Å². The fourth-order valence-corrected chi connectivity index (χ4v) is 2.91. The van der Waals surface area contributed by atoms with Gasteiger partial charge >= 0.3 is 0 Å². The SMILES string of the molecule is CCCNC(=O)CN(CCC)CC(=O)NCC1Cc2ccccc2O1. The molecule has 0 aliphatic carbocycles. The third-order valence-corrected chi connectivity index (χ3v) is 4.09. The van der Waals surface area contributed by atoms with Crippen molar-refractivity contribution in [3.05, 3.63) is 29.8 Å². The van der Waals surface area contributed by atoms with Gasteiger partial charge in [0.25, 0.3) is 0 Å². The molecule has 1 atom stereocenters. The van der Waals surface area contributed by atoms with Crippen LogP contribution in [0, 0.1) is 0 Å². The first-order valence-corrected chi connectivity index (χ1v) is 9.12. The minimum absolute atomic E-state index is 0.0196. The summed E-state index contributed by atoms with van der Waals surface area (Å²) in [6, 6.07) is 7.95. The van der Waals surface area contributed by atoms with Crippen LogP contribution in [-0.4, -0.2) is 55.5 Å². The Bertz CT molecular complexity index is 552. The summed E-state index contributed by atoms with van der Waals surface area (Å²) in [6.07, 6.45) is 2.60. The van der Waals surface area contributed by atoms with Gasteiger partial charge in [-0.05, 0) is 31.0 Å². The number of hydrogen-bond donors (Lipinski definition) is 2. The predicted molar refractivity (Wildman–Crippen MR) is 97.6 cm³/mol. The van der Waals surface area contributed by atoms with E-state index in [1.54, 1.807) is 0 Å². The summed E-state index contributed by atoms with van der Waals surface area (Å²) in [5.41, 5.74) is 1.18. The number of rotatable bonds is 10. The number of nitrogens with zero attached hydrogens (tertiary/aromatic N) is 1. The number of ether oxygens (including phenoxy) is 1. The highest BCUT2D eigenvalue weighted by Gasteiger charge is 2.23. The van der Waals surface area contributed by atoms with E-state index >= 15 is 0 Å². The molecule has 2 N–H and O–H groups in total. The van der Waals surface area contributed by atoms with Gasteiger partial charge in [-0.2, -0.15) is 0 Å². The van der Waals surface area contributed by atoms with Crippen LogP contribution in [0.5, 0.6) is 5.75 Å². The van der Waals surface area contributed by atoms with Gasteiger partial charge in [0.05, 0.1) is 19.6 Å².